The van der Waals surface area contributed by atoms with Gasteiger partial charge in [-0.2, -0.15) is 0 Å². The zero-order valence-electron chi connectivity index (χ0n) is 11.6. The average molecular weight is 288 g/mol. The average Bonchev–Trinajstić information content (AvgIpc) is 2.99. The molecule has 4 heteroatoms. The third-order valence-electron chi connectivity index (χ3n) is 3.56. The summed E-state index contributed by atoms with van der Waals surface area (Å²) in [7, 11) is 0. The summed E-state index contributed by atoms with van der Waals surface area (Å²) in [4.78, 5) is 8.09. The summed E-state index contributed by atoms with van der Waals surface area (Å²) in [5.74, 6) is 1.02. The van der Waals surface area contributed by atoms with Gasteiger partial charge in [0.15, 0.2) is 0 Å². The Balaban J connectivity index is 1.80. The minimum absolute atomic E-state index is 0.242. The Kier molecular flexibility index (Phi) is 2.86. The molecule has 2 aromatic heterocycles. The van der Waals surface area contributed by atoms with Crippen LogP contribution < -0.4 is 0 Å². The molecule has 4 aromatic rings. The number of nitrogens with zero attached hydrogens (tertiary/aromatic N) is 2. The lowest BCUT2D eigenvalue weighted by Crippen LogP contribution is -1.81. The number of aromatic nitrogens is 2. The molecule has 0 aliphatic carbocycles. The molecule has 22 heavy (non-hydrogen) atoms. The molecule has 1 N–H and O–H groups in total. The number of rotatable bonds is 2. The minimum Gasteiger partial charge on any atom is -0.508 e. The van der Waals surface area contributed by atoms with Gasteiger partial charge in [0.1, 0.15) is 23.4 Å². The molecule has 0 unspecified atom stereocenters. The van der Waals surface area contributed by atoms with Crippen molar-refractivity contribution in [1.82, 2.24) is 9.97 Å². The number of fused-ring (bicyclic) bond motifs is 1. The van der Waals surface area contributed by atoms with Crippen LogP contribution in [0.5, 0.6) is 5.75 Å². The van der Waals surface area contributed by atoms with E-state index in [0.717, 1.165) is 33.4 Å². The highest BCUT2D eigenvalue weighted by Crippen LogP contribution is 2.31. The van der Waals surface area contributed by atoms with Gasteiger partial charge in [-0.05, 0) is 48.0 Å². The highest BCUT2D eigenvalue weighted by Gasteiger charge is 2.08. The van der Waals surface area contributed by atoms with Gasteiger partial charge in [-0.25, -0.2) is 9.97 Å². The van der Waals surface area contributed by atoms with E-state index in [-0.39, 0.29) is 5.75 Å². The molecule has 0 aliphatic heterocycles. The molecule has 0 radical (unpaired) electrons. The Morgan fingerprint density at radius 1 is 0.773 bits per heavy atom. The van der Waals surface area contributed by atoms with Crippen LogP contribution in [0.3, 0.4) is 0 Å². The normalized spacial score (nSPS) is 10.9. The molecule has 0 saturated carbocycles. The second-order valence-electron chi connectivity index (χ2n) is 5.04. The third kappa shape index (κ3) is 2.20. The van der Waals surface area contributed by atoms with E-state index in [9.17, 15) is 5.11 Å². The van der Waals surface area contributed by atoms with Crippen molar-refractivity contribution in [2.75, 3.05) is 0 Å². The molecule has 4 rings (SSSR count). The van der Waals surface area contributed by atoms with Crippen molar-refractivity contribution >= 4 is 11.0 Å². The quantitative estimate of drug-likeness (QED) is 0.598. The van der Waals surface area contributed by atoms with E-state index in [1.807, 2.05) is 30.3 Å². The van der Waals surface area contributed by atoms with Gasteiger partial charge in [-0.1, -0.05) is 6.07 Å². The van der Waals surface area contributed by atoms with Crippen molar-refractivity contribution in [2.45, 2.75) is 0 Å². The Morgan fingerprint density at radius 2 is 1.50 bits per heavy atom. The van der Waals surface area contributed by atoms with Gasteiger partial charge in [-0.3, -0.25) is 0 Å². The van der Waals surface area contributed by atoms with E-state index >= 15 is 0 Å². The summed E-state index contributed by atoms with van der Waals surface area (Å²) in [5, 5.41) is 10.4. The second-order valence-corrected chi connectivity index (χ2v) is 5.04. The Bertz CT molecular complexity index is 928. The van der Waals surface area contributed by atoms with E-state index in [1.54, 1.807) is 24.5 Å². The van der Waals surface area contributed by atoms with Crippen molar-refractivity contribution < 1.29 is 9.52 Å². The lowest BCUT2D eigenvalue weighted by atomic mass is 10.1. The Morgan fingerprint density at radius 3 is 2.27 bits per heavy atom. The number of benzene rings is 2. The molecule has 2 aromatic carbocycles. The van der Waals surface area contributed by atoms with Gasteiger partial charge in [0, 0.05) is 28.9 Å². The number of hydrogen-bond acceptors (Lipinski definition) is 4. The van der Waals surface area contributed by atoms with Crippen LogP contribution in [0.1, 0.15) is 0 Å². The third-order valence-corrected chi connectivity index (χ3v) is 3.56. The molecule has 2 heterocycles. The molecule has 0 spiro atoms. The van der Waals surface area contributed by atoms with Gasteiger partial charge in [0.2, 0.25) is 0 Å². The lowest BCUT2D eigenvalue weighted by molar-refractivity contribution is 0.475. The standard InChI is InChI=1S/C18H12N2O2/c21-16-4-1-12(2-5-16)18-8-14-7-13(3-6-17(14)22-18)15-9-19-11-20-10-15/h1-11,21H. The molecule has 106 valence electrons. The van der Waals surface area contributed by atoms with E-state index in [2.05, 4.69) is 16.0 Å². The van der Waals surface area contributed by atoms with Gasteiger partial charge < -0.3 is 9.52 Å². The van der Waals surface area contributed by atoms with Crippen molar-refractivity contribution in [2.24, 2.45) is 0 Å². The smallest absolute Gasteiger partial charge is 0.135 e. The van der Waals surface area contributed by atoms with E-state index < -0.39 is 0 Å². The van der Waals surface area contributed by atoms with E-state index in [0.29, 0.717) is 0 Å². The largest absolute Gasteiger partial charge is 0.508 e. The topological polar surface area (TPSA) is 59.2 Å². The first-order chi connectivity index (χ1) is 10.8. The first-order valence-electron chi connectivity index (χ1n) is 6.88. The fraction of sp³-hybridized carbons (Fsp3) is 0. The summed E-state index contributed by atoms with van der Waals surface area (Å²) in [5.41, 5.74) is 3.77. The predicted molar refractivity (Wildman–Crippen MR) is 84.3 cm³/mol. The molecular weight excluding hydrogens is 276 g/mol. The second kappa shape index (κ2) is 5.00. The van der Waals surface area contributed by atoms with Crippen molar-refractivity contribution in [3.05, 3.63) is 67.3 Å². The van der Waals surface area contributed by atoms with Crippen LogP contribution in [0.15, 0.2) is 71.7 Å². The van der Waals surface area contributed by atoms with Gasteiger partial charge >= 0.3 is 0 Å². The van der Waals surface area contributed by atoms with Crippen LogP contribution in [0.25, 0.3) is 33.4 Å². The van der Waals surface area contributed by atoms with Crippen molar-refractivity contribution in [3.63, 3.8) is 0 Å². The van der Waals surface area contributed by atoms with Crippen LogP contribution in [-0.2, 0) is 0 Å². The summed E-state index contributed by atoms with van der Waals surface area (Å²) in [6, 6.07) is 15.0. The molecular formula is C18H12N2O2. The van der Waals surface area contributed by atoms with Gasteiger partial charge in [0.25, 0.3) is 0 Å². The summed E-state index contributed by atoms with van der Waals surface area (Å²) in [6.45, 7) is 0. The maximum atomic E-state index is 9.36. The number of aromatic hydroxyl groups is 1. The number of phenolic OH excluding ortho intramolecular Hbond substituents is 1. The SMILES string of the molecule is Oc1ccc(-c2cc3cc(-c4cncnc4)ccc3o2)cc1. The number of phenols is 1. The first-order valence-corrected chi connectivity index (χ1v) is 6.88. The van der Waals surface area contributed by atoms with Crippen LogP contribution in [0, 0.1) is 0 Å². The number of furan rings is 1. The molecule has 4 nitrogen and oxygen atoms in total. The maximum Gasteiger partial charge on any atom is 0.135 e. The summed E-state index contributed by atoms with van der Waals surface area (Å²) < 4.78 is 5.87. The fourth-order valence-electron chi connectivity index (χ4n) is 2.44. The van der Waals surface area contributed by atoms with Crippen molar-refractivity contribution in [1.29, 1.82) is 0 Å². The van der Waals surface area contributed by atoms with Gasteiger partial charge in [-0.15, -0.1) is 0 Å². The maximum absolute atomic E-state index is 9.36. The van der Waals surface area contributed by atoms with E-state index in [1.165, 1.54) is 6.33 Å². The zero-order valence-corrected chi connectivity index (χ0v) is 11.6. The monoisotopic (exact) mass is 288 g/mol. The molecule has 0 saturated heterocycles. The van der Waals surface area contributed by atoms with E-state index in [4.69, 9.17) is 4.42 Å². The first kappa shape index (κ1) is 12.6. The van der Waals surface area contributed by atoms with Crippen molar-refractivity contribution in [3.8, 4) is 28.2 Å². The highest BCUT2D eigenvalue weighted by molar-refractivity contribution is 5.87. The lowest BCUT2D eigenvalue weighted by Gasteiger charge is -1.99. The van der Waals surface area contributed by atoms with Crippen LogP contribution in [0.2, 0.25) is 0 Å². The number of hydrogen-bond donors (Lipinski definition) is 1. The van der Waals surface area contributed by atoms with Crippen LogP contribution >= 0.6 is 0 Å². The van der Waals surface area contributed by atoms with Gasteiger partial charge in [0.05, 0.1) is 0 Å². The van der Waals surface area contributed by atoms with Crippen LogP contribution in [-0.4, -0.2) is 15.1 Å². The molecule has 0 atom stereocenters. The molecule has 0 aliphatic rings. The van der Waals surface area contributed by atoms with Crippen LogP contribution in [0.4, 0.5) is 0 Å². The molecule has 0 amide bonds. The predicted octanol–water partition coefficient (Wildman–Crippen LogP) is 4.26. The highest BCUT2D eigenvalue weighted by atomic mass is 16.3. The molecule has 0 fully saturated rings. The Hall–Kier alpha value is -3.14. The minimum atomic E-state index is 0.242. The zero-order chi connectivity index (χ0) is 14.9. The summed E-state index contributed by atoms with van der Waals surface area (Å²) >= 11 is 0. The Labute approximate surface area is 126 Å². The fourth-order valence-corrected chi connectivity index (χ4v) is 2.44. The molecule has 0 bridgehead atoms. The summed E-state index contributed by atoms with van der Waals surface area (Å²) in [6.07, 6.45) is 5.09.